The molecular formula is C16H22FNO2S. The molecule has 1 aliphatic rings. The summed E-state index contributed by atoms with van der Waals surface area (Å²) in [6, 6.07) is 4.71. The van der Waals surface area contributed by atoms with E-state index in [2.05, 4.69) is 0 Å². The molecule has 1 atom stereocenters. The van der Waals surface area contributed by atoms with E-state index in [0.29, 0.717) is 13.2 Å². The Balaban J connectivity index is 2.15. The Morgan fingerprint density at radius 2 is 2.33 bits per heavy atom. The van der Waals surface area contributed by atoms with Gasteiger partial charge in [-0.15, -0.1) is 11.8 Å². The molecule has 0 fully saturated rings. The van der Waals surface area contributed by atoms with Crippen molar-refractivity contribution in [2.24, 2.45) is 5.92 Å². The van der Waals surface area contributed by atoms with E-state index < -0.39 is 0 Å². The number of hydrogen-bond acceptors (Lipinski definition) is 3. The molecule has 5 heteroatoms. The molecule has 1 heterocycles. The number of carbonyl (C=O) groups excluding carboxylic acids is 1. The van der Waals surface area contributed by atoms with Crippen LogP contribution in [0.5, 0.6) is 0 Å². The van der Waals surface area contributed by atoms with Gasteiger partial charge in [-0.2, -0.15) is 0 Å². The van der Waals surface area contributed by atoms with Crippen LogP contribution in [0.4, 0.5) is 10.1 Å². The number of benzene rings is 1. The summed E-state index contributed by atoms with van der Waals surface area (Å²) in [7, 11) is 1.66. The van der Waals surface area contributed by atoms with Gasteiger partial charge in [-0.25, -0.2) is 4.39 Å². The topological polar surface area (TPSA) is 29.5 Å². The lowest BCUT2D eigenvalue weighted by Gasteiger charge is -2.25. The van der Waals surface area contributed by atoms with Gasteiger partial charge in [0.25, 0.3) is 0 Å². The fraction of sp³-hybridized carbons (Fsp3) is 0.562. The van der Waals surface area contributed by atoms with Crippen molar-refractivity contribution in [1.82, 2.24) is 0 Å². The zero-order valence-corrected chi connectivity index (χ0v) is 13.4. The van der Waals surface area contributed by atoms with E-state index >= 15 is 0 Å². The quantitative estimate of drug-likeness (QED) is 0.776. The van der Waals surface area contributed by atoms with E-state index in [-0.39, 0.29) is 17.6 Å². The van der Waals surface area contributed by atoms with Gasteiger partial charge in [-0.05, 0) is 43.2 Å². The second kappa shape index (κ2) is 7.80. The molecule has 0 spiro atoms. The molecule has 1 aromatic rings. The predicted octanol–water partition coefficient (Wildman–Crippen LogP) is 3.72. The first-order valence-corrected chi connectivity index (χ1v) is 8.34. The first kappa shape index (κ1) is 16.3. The van der Waals surface area contributed by atoms with Gasteiger partial charge in [0.15, 0.2) is 0 Å². The van der Waals surface area contributed by atoms with E-state index in [1.54, 1.807) is 29.8 Å². The van der Waals surface area contributed by atoms with Crippen LogP contribution in [0.3, 0.4) is 0 Å². The minimum Gasteiger partial charge on any atom is -0.385 e. The molecule has 0 bridgehead atoms. The lowest BCUT2D eigenvalue weighted by atomic mass is 10.0. The highest BCUT2D eigenvalue weighted by Crippen LogP contribution is 2.35. The highest BCUT2D eigenvalue weighted by atomic mass is 32.2. The first-order chi connectivity index (χ1) is 10.1. The van der Waals surface area contributed by atoms with Crippen molar-refractivity contribution in [1.29, 1.82) is 0 Å². The van der Waals surface area contributed by atoms with Crippen LogP contribution in [0.25, 0.3) is 0 Å². The van der Waals surface area contributed by atoms with E-state index in [1.165, 1.54) is 12.1 Å². The molecule has 0 radical (unpaired) electrons. The van der Waals surface area contributed by atoms with Gasteiger partial charge >= 0.3 is 0 Å². The molecule has 0 saturated heterocycles. The average Bonchev–Trinajstić information content (AvgIpc) is 2.68. The Kier molecular flexibility index (Phi) is 6.06. The van der Waals surface area contributed by atoms with Gasteiger partial charge in [-0.3, -0.25) is 4.79 Å². The maximum atomic E-state index is 13.5. The lowest BCUT2D eigenvalue weighted by Crippen LogP contribution is -2.36. The number of thioether (sulfide) groups is 1. The standard InChI is InChI=1S/C16H22FNO2S/c1-12(5-3-9-20-2)16(19)18-8-4-10-21-15-7-6-13(17)11-14(15)18/h6-7,11-12H,3-5,8-10H2,1-2H3/t12-/m1/s1. The van der Waals surface area contributed by atoms with Gasteiger partial charge in [0.1, 0.15) is 5.82 Å². The van der Waals surface area contributed by atoms with E-state index in [4.69, 9.17) is 4.74 Å². The number of hydrogen-bond donors (Lipinski definition) is 0. The smallest absolute Gasteiger partial charge is 0.229 e. The van der Waals surface area contributed by atoms with Gasteiger partial charge in [0.2, 0.25) is 5.91 Å². The fourth-order valence-corrected chi connectivity index (χ4v) is 3.48. The van der Waals surface area contributed by atoms with Crippen molar-refractivity contribution < 1.29 is 13.9 Å². The molecule has 116 valence electrons. The number of rotatable bonds is 5. The van der Waals surface area contributed by atoms with E-state index in [9.17, 15) is 9.18 Å². The summed E-state index contributed by atoms with van der Waals surface area (Å²) >= 11 is 1.69. The average molecular weight is 311 g/mol. The molecule has 1 amide bonds. The molecule has 0 N–H and O–H groups in total. The number of fused-ring (bicyclic) bond motifs is 1. The van der Waals surface area contributed by atoms with Crippen molar-refractivity contribution in [2.75, 3.05) is 30.9 Å². The number of nitrogens with zero attached hydrogens (tertiary/aromatic N) is 1. The third-order valence-electron chi connectivity index (χ3n) is 3.67. The molecular weight excluding hydrogens is 289 g/mol. The maximum Gasteiger partial charge on any atom is 0.229 e. The lowest BCUT2D eigenvalue weighted by molar-refractivity contribution is -0.122. The fourth-order valence-electron chi connectivity index (χ4n) is 2.50. The van der Waals surface area contributed by atoms with Gasteiger partial charge in [-0.1, -0.05) is 6.92 Å². The molecule has 3 nitrogen and oxygen atoms in total. The first-order valence-electron chi connectivity index (χ1n) is 7.36. The van der Waals surface area contributed by atoms with Crippen molar-refractivity contribution in [3.63, 3.8) is 0 Å². The SMILES string of the molecule is COCCC[C@@H](C)C(=O)N1CCCSc2ccc(F)cc21. The normalized spacial score (nSPS) is 16.2. The van der Waals surface area contributed by atoms with Gasteiger partial charge in [0.05, 0.1) is 5.69 Å². The zero-order chi connectivity index (χ0) is 15.2. The zero-order valence-electron chi connectivity index (χ0n) is 12.6. The largest absolute Gasteiger partial charge is 0.385 e. The summed E-state index contributed by atoms with van der Waals surface area (Å²) in [6.07, 6.45) is 2.58. The summed E-state index contributed by atoms with van der Waals surface area (Å²) in [5.41, 5.74) is 0.723. The predicted molar refractivity (Wildman–Crippen MR) is 84.4 cm³/mol. The van der Waals surface area contributed by atoms with Crippen LogP contribution < -0.4 is 4.90 Å². The summed E-state index contributed by atoms with van der Waals surface area (Å²) in [5.74, 6) is 0.682. The molecule has 0 aromatic heterocycles. The molecule has 1 aromatic carbocycles. The highest BCUT2D eigenvalue weighted by Gasteiger charge is 2.25. The van der Waals surface area contributed by atoms with Crippen molar-refractivity contribution in [2.45, 2.75) is 31.1 Å². The Morgan fingerprint density at radius 3 is 3.10 bits per heavy atom. The van der Waals surface area contributed by atoms with Crippen molar-refractivity contribution >= 4 is 23.4 Å². The Labute approximate surface area is 129 Å². The number of amides is 1. The summed E-state index contributed by atoms with van der Waals surface area (Å²) < 4.78 is 18.6. The number of methoxy groups -OCH3 is 1. The van der Waals surface area contributed by atoms with Crippen LogP contribution in [0.1, 0.15) is 26.2 Å². The third-order valence-corrected chi connectivity index (χ3v) is 4.82. The molecule has 2 rings (SSSR count). The monoisotopic (exact) mass is 311 g/mol. The van der Waals surface area contributed by atoms with Crippen LogP contribution in [0.15, 0.2) is 23.1 Å². The van der Waals surface area contributed by atoms with Crippen molar-refractivity contribution in [3.05, 3.63) is 24.0 Å². The molecule has 0 saturated carbocycles. The van der Waals surface area contributed by atoms with Crippen LogP contribution in [0.2, 0.25) is 0 Å². The maximum absolute atomic E-state index is 13.5. The van der Waals surface area contributed by atoms with Crippen LogP contribution in [-0.4, -0.2) is 31.9 Å². The van der Waals surface area contributed by atoms with E-state index in [1.807, 2.05) is 6.92 Å². The van der Waals surface area contributed by atoms with Gasteiger partial charge < -0.3 is 9.64 Å². The highest BCUT2D eigenvalue weighted by molar-refractivity contribution is 7.99. The number of halogens is 1. The summed E-state index contributed by atoms with van der Waals surface area (Å²) in [4.78, 5) is 15.4. The minimum atomic E-state index is -0.291. The number of ether oxygens (including phenoxy) is 1. The van der Waals surface area contributed by atoms with Crippen LogP contribution >= 0.6 is 11.8 Å². The molecule has 21 heavy (non-hydrogen) atoms. The minimum absolute atomic E-state index is 0.0700. The second-order valence-electron chi connectivity index (χ2n) is 5.34. The third kappa shape index (κ3) is 4.20. The molecule has 0 unspecified atom stereocenters. The summed E-state index contributed by atoms with van der Waals surface area (Å²) in [5, 5.41) is 0. The summed E-state index contributed by atoms with van der Waals surface area (Å²) in [6.45, 7) is 3.27. The van der Waals surface area contributed by atoms with Gasteiger partial charge in [0, 0.05) is 31.1 Å². The number of carbonyl (C=O) groups is 1. The Hall–Kier alpha value is -1.07. The second-order valence-corrected chi connectivity index (χ2v) is 6.48. The van der Waals surface area contributed by atoms with Crippen LogP contribution in [-0.2, 0) is 9.53 Å². The van der Waals surface area contributed by atoms with E-state index in [0.717, 1.165) is 35.6 Å². The molecule has 1 aliphatic heterocycles. The van der Waals surface area contributed by atoms with Crippen LogP contribution in [0, 0.1) is 11.7 Å². The number of anilines is 1. The molecule has 0 aliphatic carbocycles. The Bertz CT molecular complexity index is 495. The Morgan fingerprint density at radius 1 is 1.52 bits per heavy atom. The van der Waals surface area contributed by atoms with Crippen molar-refractivity contribution in [3.8, 4) is 0 Å².